The van der Waals surface area contributed by atoms with Crippen molar-refractivity contribution in [2.45, 2.75) is 69.9 Å². The van der Waals surface area contributed by atoms with E-state index in [-0.39, 0.29) is 29.8 Å². The number of rotatable bonds is 4. The molecule has 2 aliphatic heterocycles. The zero-order valence-corrected chi connectivity index (χ0v) is 19.0. The van der Waals surface area contributed by atoms with E-state index >= 15 is 0 Å². The number of carbonyl (C=O) groups excluding carboxylic acids is 3. The number of carbonyl (C=O) groups is 3. The molecule has 0 radical (unpaired) electrons. The lowest BCUT2D eigenvalue weighted by Gasteiger charge is -2.36. The number of piperidine rings is 2. The molecular formula is C23H34N4O3S. The maximum Gasteiger partial charge on any atom is 0.317 e. The van der Waals surface area contributed by atoms with E-state index in [9.17, 15) is 14.4 Å². The summed E-state index contributed by atoms with van der Waals surface area (Å²) >= 11 is 1.45. The third kappa shape index (κ3) is 5.79. The van der Waals surface area contributed by atoms with Crippen LogP contribution in [0, 0.1) is 5.92 Å². The van der Waals surface area contributed by atoms with Gasteiger partial charge in [-0.3, -0.25) is 9.59 Å². The van der Waals surface area contributed by atoms with Crippen LogP contribution in [0.25, 0.3) is 0 Å². The molecule has 170 valence electrons. The van der Waals surface area contributed by atoms with E-state index in [1.165, 1.54) is 30.6 Å². The van der Waals surface area contributed by atoms with Crippen molar-refractivity contribution in [3.63, 3.8) is 0 Å². The van der Waals surface area contributed by atoms with E-state index in [4.69, 9.17) is 0 Å². The molecule has 3 aliphatic rings. The van der Waals surface area contributed by atoms with Gasteiger partial charge in [0.2, 0.25) is 5.91 Å². The topological polar surface area (TPSA) is 81.8 Å². The lowest BCUT2D eigenvalue weighted by Crippen LogP contribution is -2.53. The van der Waals surface area contributed by atoms with Gasteiger partial charge in [-0.15, -0.1) is 11.3 Å². The molecule has 3 heterocycles. The number of hydrogen-bond donors (Lipinski definition) is 2. The molecule has 0 bridgehead atoms. The quantitative estimate of drug-likeness (QED) is 0.745. The van der Waals surface area contributed by atoms with Crippen LogP contribution in [0.2, 0.25) is 0 Å². The highest BCUT2D eigenvalue weighted by molar-refractivity contribution is 7.12. The molecule has 1 atom stereocenters. The maximum atomic E-state index is 12.9. The Morgan fingerprint density at radius 1 is 0.839 bits per heavy atom. The van der Waals surface area contributed by atoms with Crippen LogP contribution in [0.15, 0.2) is 17.5 Å². The summed E-state index contributed by atoms with van der Waals surface area (Å²) in [7, 11) is 0. The van der Waals surface area contributed by atoms with Crippen LogP contribution in [-0.4, -0.2) is 65.9 Å². The smallest absolute Gasteiger partial charge is 0.317 e. The fraction of sp³-hybridized carbons (Fsp3) is 0.696. The SMILES string of the molecule is O=C(NC1CCN(C(=O)NC2CCCCC2)CC1)C1CCCN(C(=O)c2cccs2)C1. The lowest BCUT2D eigenvalue weighted by atomic mass is 9.95. The minimum atomic E-state index is -0.148. The summed E-state index contributed by atoms with van der Waals surface area (Å²) in [6.45, 7) is 2.56. The zero-order chi connectivity index (χ0) is 21.6. The van der Waals surface area contributed by atoms with Gasteiger partial charge in [-0.1, -0.05) is 25.3 Å². The first-order valence-corrected chi connectivity index (χ1v) is 12.7. The van der Waals surface area contributed by atoms with Crippen molar-refractivity contribution in [1.82, 2.24) is 20.4 Å². The van der Waals surface area contributed by atoms with Gasteiger partial charge in [0.05, 0.1) is 10.8 Å². The summed E-state index contributed by atoms with van der Waals surface area (Å²) in [4.78, 5) is 42.5. The van der Waals surface area contributed by atoms with Crippen LogP contribution in [-0.2, 0) is 4.79 Å². The molecule has 1 saturated carbocycles. The standard InChI is InChI=1S/C23H34N4O3S/c28-21(17-6-4-12-27(16-17)22(29)20-9-5-15-31-20)24-19-10-13-26(14-11-19)23(30)25-18-7-2-1-3-8-18/h5,9,15,17-19H,1-4,6-8,10-14,16H2,(H,24,28)(H,25,30). The zero-order valence-electron chi connectivity index (χ0n) is 18.2. The summed E-state index contributed by atoms with van der Waals surface area (Å²) in [5, 5.41) is 8.28. The highest BCUT2D eigenvalue weighted by Crippen LogP contribution is 2.22. The van der Waals surface area contributed by atoms with Crippen LogP contribution in [0.5, 0.6) is 0 Å². The number of nitrogens with zero attached hydrogens (tertiary/aromatic N) is 2. The predicted molar refractivity (Wildman–Crippen MR) is 121 cm³/mol. The number of thiophene rings is 1. The minimum Gasteiger partial charge on any atom is -0.353 e. The van der Waals surface area contributed by atoms with E-state index < -0.39 is 0 Å². The van der Waals surface area contributed by atoms with Crippen LogP contribution in [0.4, 0.5) is 4.79 Å². The Bertz CT molecular complexity index is 755. The average molecular weight is 447 g/mol. The van der Waals surface area contributed by atoms with E-state index in [0.29, 0.717) is 25.7 Å². The molecule has 0 spiro atoms. The van der Waals surface area contributed by atoms with Crippen LogP contribution < -0.4 is 10.6 Å². The summed E-state index contributed by atoms with van der Waals surface area (Å²) in [6, 6.07) is 4.20. The highest BCUT2D eigenvalue weighted by atomic mass is 32.1. The normalized spacial score (nSPS) is 23.4. The molecule has 4 rings (SSSR count). The molecular weight excluding hydrogens is 412 g/mol. The van der Waals surface area contributed by atoms with Gasteiger partial charge in [-0.25, -0.2) is 4.79 Å². The van der Waals surface area contributed by atoms with Gasteiger partial charge in [-0.2, -0.15) is 0 Å². The number of nitrogens with one attached hydrogen (secondary N) is 2. The molecule has 31 heavy (non-hydrogen) atoms. The Kier molecular flexibility index (Phi) is 7.48. The Morgan fingerprint density at radius 2 is 1.58 bits per heavy atom. The first-order chi connectivity index (χ1) is 15.1. The van der Waals surface area contributed by atoms with Gasteiger partial charge in [0.25, 0.3) is 5.91 Å². The van der Waals surface area contributed by atoms with E-state index in [1.54, 1.807) is 0 Å². The third-order valence-corrected chi connectivity index (χ3v) is 7.73. The minimum absolute atomic E-state index is 0.0322. The molecule has 7 nitrogen and oxygen atoms in total. The van der Waals surface area contributed by atoms with Crippen LogP contribution in [0.3, 0.4) is 0 Å². The summed E-state index contributed by atoms with van der Waals surface area (Å²) in [5.74, 6) is -0.0659. The first kappa shape index (κ1) is 22.1. The molecule has 2 N–H and O–H groups in total. The number of urea groups is 1. The Morgan fingerprint density at radius 3 is 2.29 bits per heavy atom. The largest absolute Gasteiger partial charge is 0.353 e. The summed E-state index contributed by atoms with van der Waals surface area (Å²) in [6.07, 6.45) is 9.11. The van der Waals surface area contributed by atoms with Gasteiger partial charge in [-0.05, 0) is 50.0 Å². The van der Waals surface area contributed by atoms with E-state index in [2.05, 4.69) is 10.6 Å². The molecule has 1 unspecified atom stereocenters. The number of amides is 4. The maximum absolute atomic E-state index is 12.9. The van der Waals surface area contributed by atoms with Crippen molar-refractivity contribution in [1.29, 1.82) is 0 Å². The molecule has 4 amide bonds. The Hall–Kier alpha value is -2.09. The van der Waals surface area contributed by atoms with E-state index in [0.717, 1.165) is 49.9 Å². The van der Waals surface area contributed by atoms with Crippen molar-refractivity contribution >= 4 is 29.2 Å². The molecule has 1 aromatic rings. The van der Waals surface area contributed by atoms with Crippen molar-refractivity contribution in [3.8, 4) is 0 Å². The second-order valence-corrected chi connectivity index (χ2v) is 10.1. The molecule has 2 saturated heterocycles. The Balaban J connectivity index is 1.20. The van der Waals surface area contributed by atoms with Gasteiger partial charge in [0.1, 0.15) is 0 Å². The second-order valence-electron chi connectivity index (χ2n) is 9.12. The number of hydrogen-bond acceptors (Lipinski definition) is 4. The fourth-order valence-electron chi connectivity index (χ4n) is 4.99. The van der Waals surface area contributed by atoms with Crippen LogP contribution in [0.1, 0.15) is 67.5 Å². The number of likely N-dealkylation sites (tertiary alicyclic amines) is 2. The van der Waals surface area contributed by atoms with Crippen molar-refractivity contribution in [2.24, 2.45) is 5.92 Å². The average Bonchev–Trinajstić information content (AvgIpc) is 3.35. The van der Waals surface area contributed by atoms with Gasteiger partial charge < -0.3 is 20.4 Å². The fourth-order valence-corrected chi connectivity index (χ4v) is 5.68. The van der Waals surface area contributed by atoms with Gasteiger partial charge >= 0.3 is 6.03 Å². The highest BCUT2D eigenvalue weighted by Gasteiger charge is 2.31. The van der Waals surface area contributed by atoms with Gasteiger partial charge in [0, 0.05) is 38.3 Å². The van der Waals surface area contributed by atoms with Crippen molar-refractivity contribution in [3.05, 3.63) is 22.4 Å². The molecule has 8 heteroatoms. The molecule has 3 fully saturated rings. The van der Waals surface area contributed by atoms with Crippen LogP contribution >= 0.6 is 11.3 Å². The molecule has 1 aliphatic carbocycles. The third-order valence-electron chi connectivity index (χ3n) is 6.87. The first-order valence-electron chi connectivity index (χ1n) is 11.8. The van der Waals surface area contributed by atoms with E-state index in [1.807, 2.05) is 27.3 Å². The Labute approximate surface area is 188 Å². The van der Waals surface area contributed by atoms with Crippen molar-refractivity contribution in [2.75, 3.05) is 26.2 Å². The molecule has 1 aromatic heterocycles. The second kappa shape index (κ2) is 10.5. The lowest BCUT2D eigenvalue weighted by molar-refractivity contribution is -0.127. The summed E-state index contributed by atoms with van der Waals surface area (Å²) in [5.41, 5.74) is 0. The van der Waals surface area contributed by atoms with Crippen molar-refractivity contribution < 1.29 is 14.4 Å². The molecule has 0 aromatic carbocycles. The summed E-state index contributed by atoms with van der Waals surface area (Å²) < 4.78 is 0. The van der Waals surface area contributed by atoms with Gasteiger partial charge in [0.15, 0.2) is 0 Å². The predicted octanol–water partition coefficient (Wildman–Crippen LogP) is 3.22. The monoisotopic (exact) mass is 446 g/mol.